The smallest absolute Gasteiger partial charge is 0.261 e. The lowest BCUT2D eigenvalue weighted by Gasteiger charge is -2.06. The minimum absolute atomic E-state index is 0.160. The van der Waals surface area contributed by atoms with Crippen LogP contribution in [-0.2, 0) is 12.8 Å². The SMILES string of the molecule is CCCCc1ccc(NC(=O)c2c(CC)noc2C)cc1. The molecule has 0 bridgehead atoms. The second-order valence-electron chi connectivity index (χ2n) is 5.17. The summed E-state index contributed by atoms with van der Waals surface area (Å²) in [5, 5.41) is 6.81. The van der Waals surface area contributed by atoms with Crippen molar-refractivity contribution in [2.45, 2.75) is 46.5 Å². The van der Waals surface area contributed by atoms with Crippen LogP contribution in [0.4, 0.5) is 5.69 Å². The lowest BCUT2D eigenvalue weighted by molar-refractivity contribution is 0.102. The summed E-state index contributed by atoms with van der Waals surface area (Å²) in [5.41, 5.74) is 3.34. The maximum absolute atomic E-state index is 12.3. The minimum atomic E-state index is -0.160. The van der Waals surface area contributed by atoms with Crippen LogP contribution in [0, 0.1) is 6.92 Å². The number of carbonyl (C=O) groups is 1. The van der Waals surface area contributed by atoms with Crippen molar-refractivity contribution < 1.29 is 9.32 Å². The summed E-state index contributed by atoms with van der Waals surface area (Å²) in [6, 6.07) is 8.01. The zero-order valence-corrected chi connectivity index (χ0v) is 12.9. The molecule has 0 fully saturated rings. The van der Waals surface area contributed by atoms with Gasteiger partial charge in [-0.3, -0.25) is 4.79 Å². The van der Waals surface area contributed by atoms with Gasteiger partial charge in [0.25, 0.3) is 5.91 Å². The van der Waals surface area contributed by atoms with Crippen molar-refractivity contribution in [3.63, 3.8) is 0 Å². The molecule has 4 nitrogen and oxygen atoms in total. The highest BCUT2D eigenvalue weighted by molar-refractivity contribution is 6.05. The van der Waals surface area contributed by atoms with Crippen molar-refractivity contribution in [2.75, 3.05) is 5.32 Å². The van der Waals surface area contributed by atoms with Crippen LogP contribution in [0.25, 0.3) is 0 Å². The summed E-state index contributed by atoms with van der Waals surface area (Å²) in [4.78, 5) is 12.3. The molecule has 4 heteroatoms. The van der Waals surface area contributed by atoms with E-state index < -0.39 is 0 Å². The fourth-order valence-electron chi connectivity index (χ4n) is 2.28. The molecule has 0 spiro atoms. The first-order valence-corrected chi connectivity index (χ1v) is 7.51. The Morgan fingerprint density at radius 1 is 1.24 bits per heavy atom. The molecule has 1 aromatic heterocycles. The summed E-state index contributed by atoms with van der Waals surface area (Å²) < 4.78 is 5.10. The van der Waals surface area contributed by atoms with Crippen molar-refractivity contribution in [1.82, 2.24) is 5.16 Å². The Morgan fingerprint density at radius 2 is 1.95 bits per heavy atom. The molecule has 21 heavy (non-hydrogen) atoms. The van der Waals surface area contributed by atoms with Crippen LogP contribution in [0.5, 0.6) is 0 Å². The van der Waals surface area contributed by atoms with Crippen LogP contribution < -0.4 is 5.32 Å². The van der Waals surface area contributed by atoms with Crippen molar-refractivity contribution in [1.29, 1.82) is 0 Å². The number of hydrogen-bond acceptors (Lipinski definition) is 3. The van der Waals surface area contributed by atoms with E-state index in [1.807, 2.05) is 19.1 Å². The third-order valence-electron chi connectivity index (χ3n) is 3.53. The molecule has 0 saturated heterocycles. The third-order valence-corrected chi connectivity index (χ3v) is 3.53. The number of anilines is 1. The Morgan fingerprint density at radius 3 is 2.57 bits per heavy atom. The number of unbranched alkanes of at least 4 members (excludes halogenated alkanes) is 1. The molecular formula is C17H22N2O2. The van der Waals surface area contributed by atoms with E-state index in [-0.39, 0.29) is 5.91 Å². The van der Waals surface area contributed by atoms with Gasteiger partial charge in [0, 0.05) is 5.69 Å². The number of aryl methyl sites for hydroxylation is 3. The van der Waals surface area contributed by atoms with E-state index in [1.165, 1.54) is 18.4 Å². The molecule has 1 heterocycles. The van der Waals surface area contributed by atoms with Crippen LogP contribution in [0.3, 0.4) is 0 Å². The highest BCUT2D eigenvalue weighted by Crippen LogP contribution is 2.17. The van der Waals surface area contributed by atoms with Gasteiger partial charge in [0.15, 0.2) is 0 Å². The number of nitrogens with zero attached hydrogens (tertiary/aromatic N) is 1. The van der Waals surface area contributed by atoms with Crippen LogP contribution in [0.1, 0.15) is 54.1 Å². The second kappa shape index (κ2) is 7.07. The van der Waals surface area contributed by atoms with Gasteiger partial charge < -0.3 is 9.84 Å². The average molecular weight is 286 g/mol. The van der Waals surface area contributed by atoms with Gasteiger partial charge in [-0.25, -0.2) is 0 Å². The van der Waals surface area contributed by atoms with E-state index >= 15 is 0 Å². The molecule has 0 aliphatic carbocycles. The van der Waals surface area contributed by atoms with E-state index in [0.29, 0.717) is 23.4 Å². The molecule has 0 unspecified atom stereocenters. The van der Waals surface area contributed by atoms with Gasteiger partial charge in [0.1, 0.15) is 11.3 Å². The molecule has 0 radical (unpaired) electrons. The predicted octanol–water partition coefficient (Wildman–Crippen LogP) is 4.14. The van der Waals surface area contributed by atoms with Gasteiger partial charge in [0.05, 0.1) is 5.69 Å². The summed E-state index contributed by atoms with van der Waals surface area (Å²) in [7, 11) is 0. The number of aromatic nitrogens is 1. The summed E-state index contributed by atoms with van der Waals surface area (Å²) in [6.07, 6.45) is 4.13. The molecule has 2 aromatic rings. The van der Waals surface area contributed by atoms with Crippen LogP contribution in [-0.4, -0.2) is 11.1 Å². The average Bonchev–Trinajstić information content (AvgIpc) is 2.87. The molecule has 1 N–H and O–H groups in total. The van der Waals surface area contributed by atoms with Gasteiger partial charge in [-0.05, 0) is 43.9 Å². The first kappa shape index (κ1) is 15.3. The Balaban J connectivity index is 2.07. The monoisotopic (exact) mass is 286 g/mol. The van der Waals surface area contributed by atoms with Crippen molar-refractivity contribution in [3.8, 4) is 0 Å². The number of benzene rings is 1. The standard InChI is InChI=1S/C17H22N2O2/c1-4-6-7-13-8-10-14(11-9-13)18-17(20)16-12(3)21-19-15(16)5-2/h8-11H,4-7H2,1-3H3,(H,18,20). The lowest BCUT2D eigenvalue weighted by Crippen LogP contribution is -2.14. The van der Waals surface area contributed by atoms with Crippen molar-refractivity contribution >= 4 is 11.6 Å². The molecular weight excluding hydrogens is 264 g/mol. The maximum Gasteiger partial charge on any atom is 0.261 e. The van der Waals surface area contributed by atoms with Gasteiger partial charge in [-0.2, -0.15) is 0 Å². The number of amides is 1. The zero-order valence-electron chi connectivity index (χ0n) is 12.9. The van der Waals surface area contributed by atoms with E-state index in [1.54, 1.807) is 6.92 Å². The first-order chi connectivity index (χ1) is 10.2. The Kier molecular flexibility index (Phi) is 5.14. The molecule has 2 rings (SSSR count). The van der Waals surface area contributed by atoms with Crippen LogP contribution in [0.15, 0.2) is 28.8 Å². The number of hydrogen-bond donors (Lipinski definition) is 1. The largest absolute Gasteiger partial charge is 0.361 e. The highest BCUT2D eigenvalue weighted by atomic mass is 16.5. The Labute approximate surface area is 125 Å². The lowest BCUT2D eigenvalue weighted by atomic mass is 10.1. The van der Waals surface area contributed by atoms with E-state index in [9.17, 15) is 4.79 Å². The van der Waals surface area contributed by atoms with Gasteiger partial charge in [0.2, 0.25) is 0 Å². The van der Waals surface area contributed by atoms with Gasteiger partial charge in [-0.15, -0.1) is 0 Å². The van der Waals surface area contributed by atoms with Crippen LogP contribution >= 0.6 is 0 Å². The van der Waals surface area contributed by atoms with Crippen molar-refractivity contribution in [2.24, 2.45) is 0 Å². The molecule has 0 aliphatic rings. The Hall–Kier alpha value is -2.10. The number of nitrogens with one attached hydrogen (secondary N) is 1. The molecule has 1 amide bonds. The third kappa shape index (κ3) is 3.72. The fraction of sp³-hybridized carbons (Fsp3) is 0.412. The van der Waals surface area contributed by atoms with Crippen LogP contribution in [0.2, 0.25) is 0 Å². The topological polar surface area (TPSA) is 55.1 Å². The van der Waals surface area contributed by atoms with Crippen molar-refractivity contribution in [3.05, 3.63) is 46.8 Å². The normalized spacial score (nSPS) is 10.6. The molecule has 0 atom stereocenters. The van der Waals surface area contributed by atoms with E-state index in [2.05, 4.69) is 29.5 Å². The number of rotatable bonds is 6. The Bertz CT molecular complexity index is 600. The molecule has 0 saturated carbocycles. The van der Waals surface area contributed by atoms with Gasteiger partial charge >= 0.3 is 0 Å². The fourth-order valence-corrected chi connectivity index (χ4v) is 2.28. The van der Waals surface area contributed by atoms with Gasteiger partial charge in [-0.1, -0.05) is 37.6 Å². The van der Waals surface area contributed by atoms with E-state index in [0.717, 1.165) is 12.1 Å². The molecule has 112 valence electrons. The summed E-state index contributed by atoms with van der Waals surface area (Å²) in [6.45, 7) is 5.90. The predicted molar refractivity (Wildman–Crippen MR) is 83.6 cm³/mol. The minimum Gasteiger partial charge on any atom is -0.361 e. The maximum atomic E-state index is 12.3. The second-order valence-corrected chi connectivity index (χ2v) is 5.17. The molecule has 0 aliphatic heterocycles. The van der Waals surface area contributed by atoms with E-state index in [4.69, 9.17) is 4.52 Å². The zero-order chi connectivity index (χ0) is 15.2. The summed E-state index contributed by atoms with van der Waals surface area (Å²) >= 11 is 0. The first-order valence-electron chi connectivity index (χ1n) is 7.51. The molecule has 1 aromatic carbocycles. The highest BCUT2D eigenvalue weighted by Gasteiger charge is 2.19. The quantitative estimate of drug-likeness (QED) is 0.868. The summed E-state index contributed by atoms with van der Waals surface area (Å²) in [5.74, 6) is 0.399. The number of carbonyl (C=O) groups excluding carboxylic acids is 1.